The maximum absolute atomic E-state index is 3.57. The van der Waals surface area contributed by atoms with Crippen molar-refractivity contribution >= 4 is 55.7 Å². The Morgan fingerprint density at radius 2 is 1.16 bits per heavy atom. The average molecular weight is 817 g/mol. The quantitative estimate of drug-likeness (QED) is 0.126. The van der Waals surface area contributed by atoms with Crippen LogP contribution in [0.3, 0.4) is 0 Å². The molecule has 1 aliphatic heterocycles. The molecule has 0 saturated heterocycles. The maximum atomic E-state index is 3.57. The van der Waals surface area contributed by atoms with Gasteiger partial charge in [0.15, 0.2) is 0 Å². The molecule has 0 aromatic heterocycles. The van der Waals surface area contributed by atoms with E-state index >= 15 is 0 Å². The molecule has 56 heavy (non-hydrogen) atoms. The molecule has 8 aromatic carbocycles. The molecule has 1 nitrogen and oxygen atoms in total. The molecule has 0 saturated carbocycles. The van der Waals surface area contributed by atoms with Crippen molar-refractivity contribution < 1.29 is 23.3 Å². The van der Waals surface area contributed by atoms with Gasteiger partial charge in [-0.05, 0) is 57.0 Å². The van der Waals surface area contributed by atoms with E-state index in [-0.39, 0.29) is 14.9 Å². The van der Waals surface area contributed by atoms with E-state index in [1.54, 1.807) is 0 Å². The van der Waals surface area contributed by atoms with Crippen LogP contribution in [0.4, 0.5) is 5.69 Å². The number of fused-ring (bicyclic) bond motifs is 5. The second-order valence-electron chi connectivity index (χ2n) is 14.6. The predicted molar refractivity (Wildman–Crippen MR) is 242 cm³/mol. The van der Waals surface area contributed by atoms with Crippen LogP contribution in [0.15, 0.2) is 181 Å². The van der Waals surface area contributed by atoms with Crippen molar-refractivity contribution in [1.82, 2.24) is 0 Å². The summed E-state index contributed by atoms with van der Waals surface area (Å²) in [5, 5.41) is 10.4. The molecule has 0 spiro atoms. The third-order valence-corrected chi connectivity index (χ3v) is 10.7. The van der Waals surface area contributed by atoms with Gasteiger partial charge in [0.2, 0.25) is 0 Å². The first-order valence-corrected chi connectivity index (χ1v) is 22.9. The van der Waals surface area contributed by atoms with Crippen molar-refractivity contribution in [3.05, 3.63) is 207 Å². The van der Waals surface area contributed by atoms with Crippen molar-refractivity contribution in [3.63, 3.8) is 0 Å². The van der Waals surface area contributed by atoms with Crippen molar-refractivity contribution in [2.24, 2.45) is 5.92 Å². The molecule has 2 aliphatic rings. The number of rotatable bonds is 4. The molecule has 10 rings (SSSR count). The molecule has 276 valence electrons. The summed E-state index contributed by atoms with van der Waals surface area (Å²) in [7, 11) is 0. The molecule has 0 fully saturated rings. The third kappa shape index (κ3) is 7.60. The summed E-state index contributed by atoms with van der Waals surface area (Å²) in [5.74, 6) is 0.517. The summed E-state index contributed by atoms with van der Waals surface area (Å²) in [6.07, 6.45) is 8.20. The van der Waals surface area contributed by atoms with Gasteiger partial charge in [0.1, 0.15) is 0 Å². The first kappa shape index (κ1) is 40.7. The van der Waals surface area contributed by atoms with Gasteiger partial charge >= 0.3 is 30.2 Å². The van der Waals surface area contributed by atoms with Gasteiger partial charge < -0.3 is 19.8 Å². The number of hydrogen-bond acceptors (Lipinski definition) is 1. The Bertz CT molecular complexity index is 2760. The molecular weight excluding hydrogens is 770 g/mol. The van der Waals surface area contributed by atoms with Gasteiger partial charge in [-0.1, -0.05) is 165 Å². The SMILES string of the molecule is CC(C)C1=[C-]C2=CC(C)N(c3cccc4ccccc34)C2=C1.Cc1cc2c(-c3cccc4ccccc34)cc(-c3cccc4ccccc34)cc2[cH-]1.[CH3-].[CH3-].[Si]=[Zr]. The number of nitrogens with zero attached hydrogens (tertiary/aromatic N) is 1. The molecule has 0 amide bonds. The summed E-state index contributed by atoms with van der Waals surface area (Å²) in [6, 6.07) is 55.4. The minimum atomic E-state index is 0. The fourth-order valence-corrected chi connectivity index (χ4v) is 8.21. The van der Waals surface area contributed by atoms with E-state index in [4.69, 9.17) is 0 Å². The number of hydrogen-bond donors (Lipinski definition) is 0. The Morgan fingerprint density at radius 1 is 0.625 bits per heavy atom. The normalized spacial score (nSPS) is 14.2. The van der Waals surface area contributed by atoms with E-state index in [0.29, 0.717) is 12.0 Å². The predicted octanol–water partition coefficient (Wildman–Crippen LogP) is 14.3. The fraction of sp³-hybridized carbons (Fsp3) is 0.113. The molecule has 2 radical (unpaired) electrons. The van der Waals surface area contributed by atoms with Crippen LogP contribution >= 0.6 is 0 Å². The van der Waals surface area contributed by atoms with Crippen LogP contribution in [0.25, 0.3) is 65.3 Å². The van der Waals surface area contributed by atoms with E-state index in [9.17, 15) is 0 Å². The van der Waals surface area contributed by atoms with Gasteiger partial charge in [-0.25, -0.2) is 0 Å². The standard InChI is InChI=1S/C30H21.C21H20N.2CH3.Si.Zr/c1-20-16-23-18-24(27-14-6-10-21-8-2-4-12-25(21)27)19-30(29(23)17-20)28-15-7-11-22-9-3-5-13-26(22)28;1-14(2)17-12-18-11-15(3)22(21(18)13-17)20-10-6-8-16-7-4-5-9-19(16)20;;;;/h2-19H,1H3;4-11,13-15H,1-3H3;2*1H3;;/q4*-1;;. The van der Waals surface area contributed by atoms with Crippen molar-refractivity contribution in [3.8, 4) is 22.3 Å². The summed E-state index contributed by atoms with van der Waals surface area (Å²) in [6.45, 7) is 12.0. The molecular formula is C53H47NSiZr-4. The number of aryl methyl sites for hydroxylation is 1. The van der Waals surface area contributed by atoms with Gasteiger partial charge in [0.25, 0.3) is 0 Å². The van der Waals surface area contributed by atoms with Crippen LogP contribution < -0.4 is 4.90 Å². The molecule has 1 atom stereocenters. The van der Waals surface area contributed by atoms with E-state index in [1.807, 2.05) is 0 Å². The summed E-state index contributed by atoms with van der Waals surface area (Å²) in [4.78, 5) is 2.44. The van der Waals surface area contributed by atoms with Crippen molar-refractivity contribution in [2.75, 3.05) is 4.90 Å². The Balaban J connectivity index is 0.000000183. The Hall–Kier alpha value is -4.95. The molecule has 1 unspecified atom stereocenters. The zero-order valence-electron chi connectivity index (χ0n) is 33.2. The molecule has 0 N–H and O–H groups in total. The fourth-order valence-electron chi connectivity index (χ4n) is 8.21. The van der Waals surface area contributed by atoms with Gasteiger partial charge in [-0.3, -0.25) is 0 Å². The van der Waals surface area contributed by atoms with E-state index in [2.05, 4.69) is 209 Å². The van der Waals surface area contributed by atoms with Gasteiger partial charge in [-0.15, -0.1) is 57.8 Å². The average Bonchev–Trinajstić information content (AvgIpc) is 3.89. The second kappa shape index (κ2) is 17.5. The summed E-state index contributed by atoms with van der Waals surface area (Å²) in [5.41, 5.74) is 11.6. The molecule has 1 heterocycles. The monoisotopic (exact) mass is 815 g/mol. The Morgan fingerprint density at radius 3 is 1.80 bits per heavy atom. The molecule has 8 aromatic rings. The second-order valence-corrected chi connectivity index (χ2v) is 14.6. The van der Waals surface area contributed by atoms with Gasteiger partial charge in [0, 0.05) is 17.1 Å². The van der Waals surface area contributed by atoms with Crippen LogP contribution in [0, 0.1) is 33.8 Å². The topological polar surface area (TPSA) is 3.24 Å². The van der Waals surface area contributed by atoms with Gasteiger partial charge in [-0.2, -0.15) is 6.07 Å². The van der Waals surface area contributed by atoms with Crippen molar-refractivity contribution in [2.45, 2.75) is 33.7 Å². The summed E-state index contributed by atoms with van der Waals surface area (Å²) >= 11 is 1.36. The molecule has 0 bridgehead atoms. The van der Waals surface area contributed by atoms with E-state index in [1.165, 1.54) is 117 Å². The summed E-state index contributed by atoms with van der Waals surface area (Å²) < 4.78 is 0. The Kier molecular flexibility index (Phi) is 12.7. The first-order valence-electron chi connectivity index (χ1n) is 18.7. The number of benzene rings is 7. The van der Waals surface area contributed by atoms with Crippen LogP contribution in [0.1, 0.15) is 26.3 Å². The third-order valence-electron chi connectivity index (χ3n) is 10.7. The number of allylic oxidation sites excluding steroid dienone is 3. The van der Waals surface area contributed by atoms with E-state index in [0.717, 1.165) is 0 Å². The molecule has 3 heteroatoms. The van der Waals surface area contributed by atoms with Crippen LogP contribution in [-0.2, 0) is 23.3 Å². The zero-order valence-corrected chi connectivity index (χ0v) is 36.6. The van der Waals surface area contributed by atoms with Crippen LogP contribution in [-0.4, -0.2) is 12.9 Å². The zero-order chi connectivity index (χ0) is 37.3. The Labute approximate surface area is 350 Å². The first-order chi connectivity index (χ1) is 26.4. The molecule has 1 aliphatic carbocycles. The number of anilines is 1. The van der Waals surface area contributed by atoms with Gasteiger partial charge in [0.05, 0.1) is 0 Å². The van der Waals surface area contributed by atoms with Crippen LogP contribution in [0.5, 0.6) is 0 Å². The minimum absolute atomic E-state index is 0. The van der Waals surface area contributed by atoms with Crippen molar-refractivity contribution in [1.29, 1.82) is 0 Å². The van der Waals surface area contributed by atoms with Crippen LogP contribution in [0.2, 0.25) is 0 Å². The van der Waals surface area contributed by atoms with E-state index < -0.39 is 0 Å².